The van der Waals surface area contributed by atoms with Crippen molar-refractivity contribution >= 4 is 0 Å². The Morgan fingerprint density at radius 3 is 2.14 bits per heavy atom. The third-order valence-corrected chi connectivity index (χ3v) is 4.46. The first-order chi connectivity index (χ1) is 6.68. The normalized spacial score (nSPS) is 42.0. The van der Waals surface area contributed by atoms with Gasteiger partial charge in [0.25, 0.3) is 0 Å². The zero-order chi connectivity index (χ0) is 10.1. The first-order valence-electron chi connectivity index (χ1n) is 6.30. The largest absolute Gasteiger partial charge is 0.378 e. The highest BCUT2D eigenvalue weighted by Crippen LogP contribution is 2.48. The van der Waals surface area contributed by atoms with E-state index in [9.17, 15) is 0 Å². The standard InChI is InChI=1S/C13H24O/c1-9(2)14-8-13-10(3)11-4-6-12(13)7-5-11/h9-13H,4-8H2,1-3H3. The van der Waals surface area contributed by atoms with Gasteiger partial charge in [0.05, 0.1) is 12.7 Å². The quantitative estimate of drug-likeness (QED) is 0.671. The minimum Gasteiger partial charge on any atom is -0.378 e. The third kappa shape index (κ3) is 1.98. The highest BCUT2D eigenvalue weighted by Gasteiger charge is 2.40. The molecule has 0 heterocycles. The lowest BCUT2D eigenvalue weighted by atomic mass is 9.59. The van der Waals surface area contributed by atoms with Gasteiger partial charge in [-0.05, 0) is 63.2 Å². The number of ether oxygens (including phenoxy) is 1. The van der Waals surface area contributed by atoms with Gasteiger partial charge in [-0.2, -0.15) is 0 Å². The van der Waals surface area contributed by atoms with Crippen LogP contribution in [-0.4, -0.2) is 12.7 Å². The maximum absolute atomic E-state index is 5.80. The molecule has 0 spiro atoms. The van der Waals surface area contributed by atoms with Gasteiger partial charge in [-0.15, -0.1) is 0 Å². The Morgan fingerprint density at radius 1 is 1.07 bits per heavy atom. The summed E-state index contributed by atoms with van der Waals surface area (Å²) in [5, 5.41) is 0. The van der Waals surface area contributed by atoms with Crippen molar-refractivity contribution in [1.82, 2.24) is 0 Å². The minimum absolute atomic E-state index is 0.405. The lowest BCUT2D eigenvalue weighted by molar-refractivity contribution is -0.0429. The molecule has 2 unspecified atom stereocenters. The van der Waals surface area contributed by atoms with Crippen molar-refractivity contribution in [3.8, 4) is 0 Å². The highest BCUT2D eigenvalue weighted by atomic mass is 16.5. The minimum atomic E-state index is 0.405. The number of fused-ring (bicyclic) bond motifs is 3. The fourth-order valence-electron chi connectivity index (χ4n) is 3.47. The van der Waals surface area contributed by atoms with E-state index in [1.807, 2.05) is 0 Å². The van der Waals surface area contributed by atoms with Gasteiger partial charge in [-0.25, -0.2) is 0 Å². The Labute approximate surface area is 88.2 Å². The molecule has 3 rings (SSSR count). The molecule has 0 amide bonds. The predicted octanol–water partition coefficient (Wildman–Crippen LogP) is 3.48. The van der Waals surface area contributed by atoms with Crippen molar-refractivity contribution in [1.29, 1.82) is 0 Å². The number of hydrogen-bond donors (Lipinski definition) is 0. The average Bonchev–Trinajstić information content (AvgIpc) is 2.18. The monoisotopic (exact) mass is 196 g/mol. The van der Waals surface area contributed by atoms with E-state index in [2.05, 4.69) is 20.8 Å². The molecule has 0 saturated heterocycles. The Kier molecular flexibility index (Phi) is 3.16. The Morgan fingerprint density at radius 2 is 1.64 bits per heavy atom. The predicted molar refractivity (Wildman–Crippen MR) is 59.2 cm³/mol. The van der Waals surface area contributed by atoms with E-state index >= 15 is 0 Å². The van der Waals surface area contributed by atoms with Gasteiger partial charge in [-0.1, -0.05) is 6.92 Å². The van der Waals surface area contributed by atoms with Crippen LogP contribution in [0.15, 0.2) is 0 Å². The fourth-order valence-corrected chi connectivity index (χ4v) is 3.47. The average molecular weight is 196 g/mol. The summed E-state index contributed by atoms with van der Waals surface area (Å²) in [6.07, 6.45) is 6.33. The summed E-state index contributed by atoms with van der Waals surface area (Å²) in [6.45, 7) is 7.75. The summed E-state index contributed by atoms with van der Waals surface area (Å²) in [4.78, 5) is 0. The van der Waals surface area contributed by atoms with E-state index in [1.165, 1.54) is 25.7 Å². The molecule has 3 aliphatic carbocycles. The van der Waals surface area contributed by atoms with Gasteiger partial charge in [0.2, 0.25) is 0 Å². The van der Waals surface area contributed by atoms with E-state index < -0.39 is 0 Å². The molecule has 3 fully saturated rings. The molecule has 0 radical (unpaired) electrons. The van der Waals surface area contributed by atoms with Crippen LogP contribution in [-0.2, 0) is 4.74 Å². The van der Waals surface area contributed by atoms with Crippen LogP contribution in [0.1, 0.15) is 46.5 Å². The zero-order valence-electron chi connectivity index (χ0n) is 9.83. The SMILES string of the molecule is CC(C)OCC1C2CCC(CC2)C1C. The summed E-state index contributed by atoms with van der Waals surface area (Å²) in [7, 11) is 0. The smallest absolute Gasteiger partial charge is 0.0519 e. The highest BCUT2D eigenvalue weighted by molar-refractivity contribution is 4.90. The van der Waals surface area contributed by atoms with Crippen molar-refractivity contribution in [2.75, 3.05) is 6.61 Å². The molecule has 2 bridgehead atoms. The van der Waals surface area contributed by atoms with Crippen LogP contribution < -0.4 is 0 Å². The molecule has 0 aromatic carbocycles. The molecule has 0 aliphatic heterocycles. The van der Waals surface area contributed by atoms with Crippen LogP contribution in [0.2, 0.25) is 0 Å². The molecule has 1 nitrogen and oxygen atoms in total. The molecule has 2 atom stereocenters. The molecule has 0 aromatic rings. The summed E-state index contributed by atoms with van der Waals surface area (Å²) in [5.74, 6) is 3.78. The van der Waals surface area contributed by atoms with Crippen molar-refractivity contribution in [3.63, 3.8) is 0 Å². The van der Waals surface area contributed by atoms with Crippen LogP contribution in [0.5, 0.6) is 0 Å². The molecule has 0 N–H and O–H groups in total. The summed E-state index contributed by atoms with van der Waals surface area (Å²) >= 11 is 0. The fraction of sp³-hybridized carbons (Fsp3) is 1.00. The second-order valence-electron chi connectivity index (χ2n) is 5.58. The molecular weight excluding hydrogens is 172 g/mol. The Bertz CT molecular complexity index is 178. The van der Waals surface area contributed by atoms with E-state index in [1.54, 1.807) is 0 Å². The Balaban J connectivity index is 1.90. The maximum Gasteiger partial charge on any atom is 0.0519 e. The number of rotatable bonds is 3. The third-order valence-electron chi connectivity index (χ3n) is 4.46. The van der Waals surface area contributed by atoms with Crippen LogP contribution in [0.4, 0.5) is 0 Å². The molecule has 3 aliphatic rings. The van der Waals surface area contributed by atoms with Crippen molar-refractivity contribution < 1.29 is 4.74 Å². The van der Waals surface area contributed by atoms with Crippen molar-refractivity contribution in [2.24, 2.45) is 23.7 Å². The summed E-state index contributed by atoms with van der Waals surface area (Å²) in [6, 6.07) is 0. The number of hydrogen-bond acceptors (Lipinski definition) is 1. The lowest BCUT2D eigenvalue weighted by Crippen LogP contribution is -2.41. The first kappa shape index (κ1) is 10.5. The van der Waals surface area contributed by atoms with Crippen LogP contribution in [0.3, 0.4) is 0 Å². The molecular formula is C13H24O. The second kappa shape index (κ2) is 4.22. The zero-order valence-corrected chi connectivity index (χ0v) is 9.83. The van der Waals surface area contributed by atoms with Crippen LogP contribution in [0.25, 0.3) is 0 Å². The Hall–Kier alpha value is -0.0400. The molecule has 3 saturated carbocycles. The van der Waals surface area contributed by atoms with E-state index in [-0.39, 0.29) is 0 Å². The molecule has 1 heteroatoms. The van der Waals surface area contributed by atoms with Crippen LogP contribution in [0, 0.1) is 23.7 Å². The molecule has 14 heavy (non-hydrogen) atoms. The van der Waals surface area contributed by atoms with Crippen LogP contribution >= 0.6 is 0 Å². The maximum atomic E-state index is 5.80. The first-order valence-corrected chi connectivity index (χ1v) is 6.30. The van der Waals surface area contributed by atoms with E-state index in [4.69, 9.17) is 4.74 Å². The van der Waals surface area contributed by atoms with Gasteiger partial charge in [0.1, 0.15) is 0 Å². The van der Waals surface area contributed by atoms with Crippen molar-refractivity contribution in [3.05, 3.63) is 0 Å². The van der Waals surface area contributed by atoms with E-state index in [0.717, 1.165) is 30.3 Å². The van der Waals surface area contributed by atoms with Gasteiger partial charge in [-0.3, -0.25) is 0 Å². The second-order valence-corrected chi connectivity index (χ2v) is 5.58. The lowest BCUT2D eigenvalue weighted by Gasteiger charge is -2.47. The molecule has 0 aromatic heterocycles. The van der Waals surface area contributed by atoms with Gasteiger partial charge in [0.15, 0.2) is 0 Å². The van der Waals surface area contributed by atoms with Gasteiger partial charge >= 0.3 is 0 Å². The van der Waals surface area contributed by atoms with Gasteiger partial charge in [0, 0.05) is 0 Å². The molecule has 82 valence electrons. The van der Waals surface area contributed by atoms with Gasteiger partial charge < -0.3 is 4.74 Å². The topological polar surface area (TPSA) is 9.23 Å². The van der Waals surface area contributed by atoms with E-state index in [0.29, 0.717) is 6.10 Å². The van der Waals surface area contributed by atoms with Crippen molar-refractivity contribution in [2.45, 2.75) is 52.6 Å². The summed E-state index contributed by atoms with van der Waals surface area (Å²) < 4.78 is 5.80. The summed E-state index contributed by atoms with van der Waals surface area (Å²) in [5.41, 5.74) is 0.